The molecule has 1 aliphatic heterocycles. The first-order valence-electron chi connectivity index (χ1n) is 5.66. The van der Waals surface area contributed by atoms with Gasteiger partial charge in [-0.05, 0) is 39.6 Å². The Morgan fingerprint density at radius 2 is 1.88 bits per heavy atom. The van der Waals surface area contributed by atoms with Crippen LogP contribution in [0.15, 0.2) is 30.3 Å². The summed E-state index contributed by atoms with van der Waals surface area (Å²) in [7, 11) is 3.92. The molecule has 0 aliphatic carbocycles. The van der Waals surface area contributed by atoms with E-state index >= 15 is 0 Å². The van der Waals surface area contributed by atoms with Crippen molar-refractivity contribution in [3.63, 3.8) is 0 Å². The molecule has 2 rings (SSSR count). The zero-order chi connectivity index (χ0) is 11.7. The molecule has 1 amide bonds. The average Bonchev–Trinajstić information content (AvgIpc) is 2.56. The van der Waals surface area contributed by atoms with Gasteiger partial charge in [-0.1, -0.05) is 18.2 Å². The number of carbonyl (C=O) groups is 1. The van der Waals surface area contributed by atoms with Gasteiger partial charge in [-0.2, -0.15) is 0 Å². The summed E-state index contributed by atoms with van der Waals surface area (Å²) in [6, 6.07) is 10.2. The van der Waals surface area contributed by atoms with Crippen molar-refractivity contribution in [3.05, 3.63) is 30.3 Å². The van der Waals surface area contributed by atoms with Gasteiger partial charge in [-0.25, -0.2) is 0 Å². The first kappa shape index (κ1) is 11.1. The Hall–Kier alpha value is -1.35. The predicted octanol–water partition coefficient (Wildman–Crippen LogP) is 1.74. The Bertz CT molecular complexity index is 375. The molecule has 0 bridgehead atoms. The highest BCUT2D eigenvalue weighted by Crippen LogP contribution is 2.27. The van der Waals surface area contributed by atoms with Crippen molar-refractivity contribution in [3.8, 4) is 0 Å². The van der Waals surface area contributed by atoms with Crippen LogP contribution >= 0.6 is 0 Å². The minimum Gasteiger partial charge on any atom is -0.308 e. The molecule has 0 radical (unpaired) electrons. The summed E-state index contributed by atoms with van der Waals surface area (Å²) < 4.78 is 0. The summed E-state index contributed by atoms with van der Waals surface area (Å²) in [5.41, 5.74) is 1.00. The van der Waals surface area contributed by atoms with Crippen LogP contribution in [-0.2, 0) is 4.79 Å². The minimum atomic E-state index is 0.0233. The molecule has 2 atom stereocenters. The summed E-state index contributed by atoms with van der Waals surface area (Å²) >= 11 is 0. The van der Waals surface area contributed by atoms with Gasteiger partial charge >= 0.3 is 0 Å². The Morgan fingerprint density at radius 3 is 2.38 bits per heavy atom. The number of anilines is 1. The minimum absolute atomic E-state index is 0.0233. The molecule has 1 fully saturated rings. The van der Waals surface area contributed by atoms with Crippen molar-refractivity contribution < 1.29 is 4.79 Å². The third kappa shape index (κ3) is 1.83. The van der Waals surface area contributed by atoms with E-state index < -0.39 is 0 Å². The van der Waals surface area contributed by atoms with Gasteiger partial charge in [-0.15, -0.1) is 0 Å². The van der Waals surface area contributed by atoms with Crippen LogP contribution in [0.2, 0.25) is 0 Å². The van der Waals surface area contributed by atoms with Crippen molar-refractivity contribution in [2.45, 2.75) is 25.4 Å². The largest absolute Gasteiger partial charge is 0.308 e. The van der Waals surface area contributed by atoms with Crippen LogP contribution in [0.5, 0.6) is 0 Å². The molecule has 0 N–H and O–H groups in total. The lowest BCUT2D eigenvalue weighted by Crippen LogP contribution is -2.38. The second-order valence-corrected chi connectivity index (χ2v) is 4.61. The fraction of sp³-hybridized carbons (Fsp3) is 0.462. The second kappa shape index (κ2) is 4.26. The average molecular weight is 218 g/mol. The van der Waals surface area contributed by atoms with E-state index in [9.17, 15) is 4.79 Å². The Labute approximate surface area is 96.7 Å². The van der Waals surface area contributed by atoms with E-state index in [0.717, 1.165) is 12.1 Å². The van der Waals surface area contributed by atoms with Gasteiger partial charge < -0.3 is 4.90 Å². The molecule has 1 aromatic rings. The molecule has 1 heterocycles. The molecular weight excluding hydrogens is 200 g/mol. The topological polar surface area (TPSA) is 23.6 Å². The molecule has 16 heavy (non-hydrogen) atoms. The van der Waals surface area contributed by atoms with Crippen molar-refractivity contribution >= 4 is 11.6 Å². The molecule has 1 saturated heterocycles. The molecule has 0 spiro atoms. The van der Waals surface area contributed by atoms with Gasteiger partial charge in [0.2, 0.25) is 5.91 Å². The number of likely N-dealkylation sites (N-methyl/N-ethyl adjacent to an activating group) is 1. The number of carbonyl (C=O) groups excluding carboxylic acids is 1. The van der Waals surface area contributed by atoms with Crippen LogP contribution in [0.25, 0.3) is 0 Å². The molecule has 0 aromatic heterocycles. The van der Waals surface area contributed by atoms with Gasteiger partial charge in [0.15, 0.2) is 0 Å². The summed E-state index contributed by atoms with van der Waals surface area (Å²) in [6.07, 6.45) is 0.903. The number of para-hydroxylation sites is 1. The maximum absolute atomic E-state index is 12.2. The summed E-state index contributed by atoms with van der Waals surface area (Å²) in [6.45, 7) is 2.11. The zero-order valence-electron chi connectivity index (χ0n) is 10.1. The first-order valence-corrected chi connectivity index (χ1v) is 5.66. The molecule has 86 valence electrons. The van der Waals surface area contributed by atoms with E-state index in [4.69, 9.17) is 0 Å². The molecule has 3 nitrogen and oxygen atoms in total. The van der Waals surface area contributed by atoms with E-state index in [1.165, 1.54) is 0 Å². The number of hydrogen-bond acceptors (Lipinski definition) is 2. The van der Waals surface area contributed by atoms with Crippen molar-refractivity contribution in [1.82, 2.24) is 4.90 Å². The fourth-order valence-electron chi connectivity index (χ4n) is 2.31. The third-order valence-corrected chi connectivity index (χ3v) is 3.19. The zero-order valence-corrected chi connectivity index (χ0v) is 10.1. The summed E-state index contributed by atoms with van der Waals surface area (Å²) in [4.78, 5) is 16.2. The van der Waals surface area contributed by atoms with E-state index in [1.807, 2.05) is 54.2 Å². The SMILES string of the molecule is CC1CC(N(C)C)C(=O)N1c1ccccc1. The lowest BCUT2D eigenvalue weighted by Gasteiger charge is -2.22. The first-order chi connectivity index (χ1) is 7.61. The van der Waals surface area contributed by atoms with Gasteiger partial charge in [-0.3, -0.25) is 9.69 Å². The van der Waals surface area contributed by atoms with Crippen molar-refractivity contribution in [1.29, 1.82) is 0 Å². The summed E-state index contributed by atoms with van der Waals surface area (Å²) in [5, 5.41) is 0. The fourth-order valence-corrected chi connectivity index (χ4v) is 2.31. The Balaban J connectivity index is 2.27. The maximum Gasteiger partial charge on any atom is 0.244 e. The number of hydrogen-bond donors (Lipinski definition) is 0. The highest BCUT2D eigenvalue weighted by atomic mass is 16.2. The third-order valence-electron chi connectivity index (χ3n) is 3.19. The van der Waals surface area contributed by atoms with E-state index in [1.54, 1.807) is 0 Å². The molecule has 1 aromatic carbocycles. The lowest BCUT2D eigenvalue weighted by molar-refractivity contribution is -0.120. The van der Waals surface area contributed by atoms with Gasteiger partial charge in [0.05, 0.1) is 6.04 Å². The van der Waals surface area contributed by atoms with E-state index in [0.29, 0.717) is 0 Å². The van der Waals surface area contributed by atoms with Crippen LogP contribution in [0, 0.1) is 0 Å². The van der Waals surface area contributed by atoms with Crippen molar-refractivity contribution in [2.75, 3.05) is 19.0 Å². The number of rotatable bonds is 2. The van der Waals surface area contributed by atoms with Crippen LogP contribution in [0.1, 0.15) is 13.3 Å². The number of nitrogens with zero attached hydrogens (tertiary/aromatic N) is 2. The normalized spacial score (nSPS) is 25.5. The van der Waals surface area contributed by atoms with Crippen LogP contribution in [-0.4, -0.2) is 37.0 Å². The number of benzene rings is 1. The van der Waals surface area contributed by atoms with Crippen LogP contribution in [0.4, 0.5) is 5.69 Å². The van der Waals surface area contributed by atoms with Gasteiger partial charge in [0.25, 0.3) is 0 Å². The molecule has 3 heteroatoms. The predicted molar refractivity (Wildman–Crippen MR) is 65.5 cm³/mol. The van der Waals surface area contributed by atoms with Crippen LogP contribution in [0.3, 0.4) is 0 Å². The lowest BCUT2D eigenvalue weighted by atomic mass is 10.2. The molecule has 1 aliphatic rings. The Morgan fingerprint density at radius 1 is 1.25 bits per heavy atom. The summed E-state index contributed by atoms with van der Waals surface area (Å²) in [5.74, 6) is 0.212. The van der Waals surface area contributed by atoms with E-state index in [2.05, 4.69) is 6.92 Å². The van der Waals surface area contributed by atoms with Gasteiger partial charge in [0, 0.05) is 11.7 Å². The standard InChI is InChI=1S/C13H18N2O/c1-10-9-12(14(2)3)13(16)15(10)11-7-5-4-6-8-11/h4-8,10,12H,9H2,1-3H3. The van der Waals surface area contributed by atoms with Crippen LogP contribution < -0.4 is 4.90 Å². The second-order valence-electron chi connectivity index (χ2n) is 4.61. The Kier molecular flexibility index (Phi) is 2.97. The maximum atomic E-state index is 12.2. The monoisotopic (exact) mass is 218 g/mol. The van der Waals surface area contributed by atoms with Crippen molar-refractivity contribution in [2.24, 2.45) is 0 Å². The highest BCUT2D eigenvalue weighted by molar-refractivity contribution is 6.00. The quantitative estimate of drug-likeness (QED) is 0.755. The molecule has 0 saturated carbocycles. The van der Waals surface area contributed by atoms with E-state index in [-0.39, 0.29) is 18.0 Å². The smallest absolute Gasteiger partial charge is 0.244 e. The molecule has 2 unspecified atom stereocenters. The highest BCUT2D eigenvalue weighted by Gasteiger charge is 2.38. The van der Waals surface area contributed by atoms with Gasteiger partial charge in [0.1, 0.15) is 0 Å². The molecular formula is C13H18N2O. The number of amides is 1.